The molecule has 2 aromatic carbocycles. The van der Waals surface area contributed by atoms with Crippen LogP contribution < -0.4 is 10.1 Å². The van der Waals surface area contributed by atoms with Crippen LogP contribution in [0.25, 0.3) is 0 Å². The van der Waals surface area contributed by atoms with Crippen molar-refractivity contribution < 1.29 is 19.4 Å². The predicted molar refractivity (Wildman–Crippen MR) is 142 cm³/mol. The minimum atomic E-state index is -0.728. The number of β-amino-alcohol motifs (C(OH)–C–C–N with tert-alkyl or cyclic N) is 1. The summed E-state index contributed by atoms with van der Waals surface area (Å²) in [5.74, 6) is 0.736. The molecule has 0 spiro atoms. The highest BCUT2D eigenvalue weighted by Gasteiger charge is 2.29. The van der Waals surface area contributed by atoms with Crippen molar-refractivity contribution in [2.45, 2.75) is 77.5 Å². The maximum atomic E-state index is 11.6. The Kier molecular flexibility index (Phi) is 9.88. The molecule has 0 unspecified atom stereocenters. The van der Waals surface area contributed by atoms with Gasteiger partial charge in [-0.2, -0.15) is 0 Å². The van der Waals surface area contributed by atoms with Crippen LogP contribution in [0.2, 0.25) is 10.0 Å². The zero-order chi connectivity index (χ0) is 25.6. The summed E-state index contributed by atoms with van der Waals surface area (Å²) in [6.45, 7) is 8.69. The molecule has 0 heterocycles. The third-order valence-electron chi connectivity index (χ3n) is 6.61. The van der Waals surface area contributed by atoms with Crippen molar-refractivity contribution in [2.24, 2.45) is 5.92 Å². The molecule has 2 atom stereocenters. The summed E-state index contributed by atoms with van der Waals surface area (Å²) >= 11 is 12.9. The second-order valence-electron chi connectivity index (χ2n) is 10.1. The zero-order valence-electron chi connectivity index (χ0n) is 21.1. The molecule has 0 fully saturated rings. The van der Waals surface area contributed by atoms with E-state index in [0.717, 1.165) is 24.8 Å². The number of hydrogen-bond donors (Lipinski definition) is 2. The lowest BCUT2D eigenvalue weighted by Crippen LogP contribution is -2.48. The number of esters is 1. The SMILES string of the molecule is CCOC(=O)CCc1ccc(O[C@@H](C)[C@H](O)CNC(C)(C)CC2Cc3ccccc3C2)c(Cl)c1Cl. The molecule has 1 aliphatic rings. The number of halogens is 2. The van der Waals surface area contributed by atoms with E-state index in [1.165, 1.54) is 11.1 Å². The summed E-state index contributed by atoms with van der Waals surface area (Å²) in [6, 6.07) is 12.2. The first-order valence-corrected chi connectivity index (χ1v) is 13.1. The van der Waals surface area contributed by atoms with E-state index < -0.39 is 12.2 Å². The monoisotopic (exact) mass is 521 g/mol. The van der Waals surface area contributed by atoms with Crippen LogP contribution in [0.3, 0.4) is 0 Å². The van der Waals surface area contributed by atoms with Gasteiger partial charge in [-0.1, -0.05) is 53.5 Å². The third-order valence-corrected chi connectivity index (χ3v) is 7.51. The number of aliphatic hydroxyl groups is 1. The number of rotatable bonds is 12. The maximum absolute atomic E-state index is 11.6. The molecule has 192 valence electrons. The Morgan fingerprint density at radius 3 is 2.43 bits per heavy atom. The van der Waals surface area contributed by atoms with E-state index in [9.17, 15) is 9.90 Å². The number of aryl methyl sites for hydroxylation is 1. The molecule has 0 saturated heterocycles. The Labute approximate surface area is 219 Å². The summed E-state index contributed by atoms with van der Waals surface area (Å²) in [6.07, 6.45) is 2.69. The minimum Gasteiger partial charge on any atom is -0.486 e. The van der Waals surface area contributed by atoms with Gasteiger partial charge in [0.05, 0.1) is 11.6 Å². The topological polar surface area (TPSA) is 67.8 Å². The van der Waals surface area contributed by atoms with Gasteiger partial charge in [-0.3, -0.25) is 4.79 Å². The fourth-order valence-corrected chi connectivity index (χ4v) is 5.22. The van der Waals surface area contributed by atoms with E-state index >= 15 is 0 Å². The van der Waals surface area contributed by atoms with Gasteiger partial charge in [0.15, 0.2) is 0 Å². The van der Waals surface area contributed by atoms with Crippen molar-refractivity contribution >= 4 is 29.2 Å². The van der Waals surface area contributed by atoms with Crippen LogP contribution in [0.1, 0.15) is 57.2 Å². The van der Waals surface area contributed by atoms with Gasteiger partial charge >= 0.3 is 5.97 Å². The lowest BCUT2D eigenvalue weighted by atomic mass is 9.88. The lowest BCUT2D eigenvalue weighted by Gasteiger charge is -2.32. The standard InChI is InChI=1S/C28H37Cl2NO4/c1-5-34-25(33)13-11-20-10-12-24(27(30)26(20)29)35-18(2)23(32)17-31-28(3,4)16-19-14-21-8-6-7-9-22(21)15-19/h6-10,12,18-19,23,31-32H,5,11,13-17H2,1-4H3/t18-,23+/m0/s1. The van der Waals surface area contributed by atoms with Crippen molar-refractivity contribution in [3.05, 3.63) is 63.1 Å². The van der Waals surface area contributed by atoms with E-state index in [1.54, 1.807) is 19.1 Å². The Hall–Kier alpha value is -1.79. The number of nitrogens with one attached hydrogen (secondary N) is 1. The van der Waals surface area contributed by atoms with Gasteiger partial charge in [-0.15, -0.1) is 0 Å². The Balaban J connectivity index is 1.49. The van der Waals surface area contributed by atoms with Gasteiger partial charge in [0, 0.05) is 18.5 Å². The molecule has 2 N–H and O–H groups in total. The lowest BCUT2D eigenvalue weighted by molar-refractivity contribution is -0.143. The fraction of sp³-hybridized carbons (Fsp3) is 0.536. The number of aliphatic hydroxyl groups excluding tert-OH is 1. The van der Waals surface area contributed by atoms with Crippen LogP contribution in [0.4, 0.5) is 0 Å². The summed E-state index contributed by atoms with van der Waals surface area (Å²) in [5.41, 5.74) is 3.55. The quantitative estimate of drug-likeness (QED) is 0.346. The van der Waals surface area contributed by atoms with Gasteiger partial charge in [-0.25, -0.2) is 0 Å². The molecule has 3 rings (SSSR count). The summed E-state index contributed by atoms with van der Waals surface area (Å²) < 4.78 is 10.9. The molecule has 35 heavy (non-hydrogen) atoms. The second kappa shape index (κ2) is 12.4. The van der Waals surface area contributed by atoms with Crippen molar-refractivity contribution in [2.75, 3.05) is 13.2 Å². The number of hydrogen-bond acceptors (Lipinski definition) is 5. The van der Waals surface area contributed by atoms with Crippen LogP contribution in [0.5, 0.6) is 5.75 Å². The number of carbonyl (C=O) groups excluding carboxylic acids is 1. The van der Waals surface area contributed by atoms with Crippen molar-refractivity contribution in [3.8, 4) is 5.75 Å². The highest BCUT2D eigenvalue weighted by molar-refractivity contribution is 6.43. The maximum Gasteiger partial charge on any atom is 0.306 e. The van der Waals surface area contributed by atoms with E-state index in [1.807, 2.05) is 6.92 Å². The van der Waals surface area contributed by atoms with Gasteiger partial charge in [0.25, 0.3) is 0 Å². The average Bonchev–Trinajstić information content (AvgIpc) is 3.21. The first-order valence-electron chi connectivity index (χ1n) is 12.4. The molecule has 1 aliphatic carbocycles. The number of benzene rings is 2. The van der Waals surface area contributed by atoms with E-state index in [4.69, 9.17) is 32.7 Å². The van der Waals surface area contributed by atoms with E-state index in [0.29, 0.717) is 36.3 Å². The Morgan fingerprint density at radius 1 is 1.14 bits per heavy atom. The molecule has 0 radical (unpaired) electrons. The van der Waals surface area contributed by atoms with Gasteiger partial charge in [0.1, 0.15) is 23.0 Å². The number of carbonyl (C=O) groups is 1. The van der Waals surface area contributed by atoms with Gasteiger partial charge in [-0.05, 0) is 82.1 Å². The largest absolute Gasteiger partial charge is 0.486 e. The molecule has 0 amide bonds. The molecule has 0 aromatic heterocycles. The number of fused-ring (bicyclic) bond motifs is 1. The molecule has 0 bridgehead atoms. The van der Waals surface area contributed by atoms with Gasteiger partial charge < -0.3 is 19.9 Å². The van der Waals surface area contributed by atoms with Crippen molar-refractivity contribution in [1.29, 1.82) is 0 Å². The molecule has 5 nitrogen and oxygen atoms in total. The van der Waals surface area contributed by atoms with Crippen molar-refractivity contribution in [3.63, 3.8) is 0 Å². The molecule has 0 aliphatic heterocycles. The van der Waals surface area contributed by atoms with Crippen LogP contribution in [-0.4, -0.2) is 42.0 Å². The molecule has 2 aromatic rings. The van der Waals surface area contributed by atoms with Crippen LogP contribution in [0.15, 0.2) is 36.4 Å². The highest BCUT2D eigenvalue weighted by atomic mass is 35.5. The van der Waals surface area contributed by atoms with E-state index in [2.05, 4.69) is 43.4 Å². The van der Waals surface area contributed by atoms with Crippen LogP contribution in [0, 0.1) is 5.92 Å². The fourth-order valence-electron chi connectivity index (χ4n) is 4.74. The van der Waals surface area contributed by atoms with Crippen molar-refractivity contribution in [1.82, 2.24) is 5.32 Å². The smallest absolute Gasteiger partial charge is 0.306 e. The van der Waals surface area contributed by atoms with E-state index in [-0.39, 0.29) is 23.0 Å². The number of ether oxygens (including phenoxy) is 2. The summed E-state index contributed by atoms with van der Waals surface area (Å²) in [7, 11) is 0. The molecular formula is C28H37Cl2NO4. The molecule has 0 saturated carbocycles. The average molecular weight is 523 g/mol. The minimum absolute atomic E-state index is 0.116. The van der Waals surface area contributed by atoms with Crippen LogP contribution in [-0.2, 0) is 28.8 Å². The Bertz CT molecular complexity index is 985. The molecule has 7 heteroatoms. The second-order valence-corrected chi connectivity index (χ2v) is 10.8. The molecular weight excluding hydrogens is 485 g/mol. The normalized spacial score (nSPS) is 15.5. The first kappa shape index (κ1) is 27.8. The van der Waals surface area contributed by atoms with Crippen LogP contribution >= 0.6 is 23.2 Å². The highest BCUT2D eigenvalue weighted by Crippen LogP contribution is 2.36. The Morgan fingerprint density at radius 2 is 1.80 bits per heavy atom. The summed E-state index contributed by atoms with van der Waals surface area (Å²) in [4.78, 5) is 11.6. The first-order chi connectivity index (χ1) is 16.6. The predicted octanol–water partition coefficient (Wildman–Crippen LogP) is 5.79. The van der Waals surface area contributed by atoms with Gasteiger partial charge in [0.2, 0.25) is 0 Å². The summed E-state index contributed by atoms with van der Waals surface area (Å²) in [5, 5.41) is 14.9. The third kappa shape index (κ3) is 7.85. The zero-order valence-corrected chi connectivity index (χ0v) is 22.6.